The summed E-state index contributed by atoms with van der Waals surface area (Å²) < 4.78 is 10.1. The van der Waals surface area contributed by atoms with E-state index in [2.05, 4.69) is 10.3 Å². The molecule has 0 saturated heterocycles. The summed E-state index contributed by atoms with van der Waals surface area (Å²) in [5.74, 6) is -1.59. The summed E-state index contributed by atoms with van der Waals surface area (Å²) in [4.78, 5) is 29.0. The van der Waals surface area contributed by atoms with Gasteiger partial charge in [-0.15, -0.1) is 0 Å². The third-order valence-electron chi connectivity index (χ3n) is 3.64. The molecule has 0 radical (unpaired) electrons. The third kappa shape index (κ3) is 3.26. The van der Waals surface area contributed by atoms with E-state index < -0.39 is 17.9 Å². The second kappa shape index (κ2) is 7.09. The van der Waals surface area contributed by atoms with Crippen LogP contribution >= 0.6 is 0 Å². The molecule has 1 N–H and O–H groups in total. The number of carbonyl (C=O) groups excluding carboxylic acids is 2. The fourth-order valence-electron chi connectivity index (χ4n) is 2.70. The van der Waals surface area contributed by atoms with Gasteiger partial charge < -0.3 is 14.8 Å². The average molecular weight is 316 g/mol. The second-order valence-electron chi connectivity index (χ2n) is 5.10. The highest BCUT2D eigenvalue weighted by Crippen LogP contribution is 2.38. The van der Waals surface area contributed by atoms with E-state index in [1.165, 1.54) is 7.11 Å². The molecule has 122 valence electrons. The molecule has 0 aromatic carbocycles. The van der Waals surface area contributed by atoms with Gasteiger partial charge in [-0.05, 0) is 32.9 Å². The largest absolute Gasteiger partial charge is 0.466 e. The van der Waals surface area contributed by atoms with Crippen molar-refractivity contribution in [3.63, 3.8) is 0 Å². The smallest absolute Gasteiger partial charge is 0.336 e. The summed E-state index contributed by atoms with van der Waals surface area (Å²) >= 11 is 0. The van der Waals surface area contributed by atoms with Gasteiger partial charge in [0.25, 0.3) is 0 Å². The summed E-state index contributed by atoms with van der Waals surface area (Å²) in [5, 5.41) is 3.06. The van der Waals surface area contributed by atoms with E-state index in [1.807, 2.05) is 6.07 Å². The van der Waals surface area contributed by atoms with Crippen molar-refractivity contribution in [3.8, 4) is 0 Å². The minimum atomic E-state index is -0.621. The van der Waals surface area contributed by atoms with Gasteiger partial charge in [0.2, 0.25) is 0 Å². The zero-order valence-corrected chi connectivity index (χ0v) is 13.7. The number of nitrogens with one attached hydrogen (secondary N) is 1. The first-order valence-electron chi connectivity index (χ1n) is 7.36. The fraction of sp³-hybridized carbons (Fsp3) is 0.353. The van der Waals surface area contributed by atoms with Gasteiger partial charge in [-0.1, -0.05) is 6.07 Å². The Morgan fingerprint density at radius 2 is 1.83 bits per heavy atom. The van der Waals surface area contributed by atoms with E-state index in [1.54, 1.807) is 39.1 Å². The van der Waals surface area contributed by atoms with Crippen molar-refractivity contribution >= 4 is 11.9 Å². The highest BCUT2D eigenvalue weighted by Gasteiger charge is 2.38. The molecule has 1 aliphatic rings. The maximum Gasteiger partial charge on any atom is 0.336 e. The Balaban J connectivity index is 2.62. The van der Waals surface area contributed by atoms with Gasteiger partial charge in [-0.2, -0.15) is 0 Å². The Bertz CT molecular complexity index is 677. The van der Waals surface area contributed by atoms with Gasteiger partial charge in [-0.3, -0.25) is 4.98 Å². The summed E-state index contributed by atoms with van der Waals surface area (Å²) in [6.45, 7) is 5.54. The van der Waals surface area contributed by atoms with Crippen LogP contribution in [0.5, 0.6) is 0 Å². The number of carbonyl (C=O) groups is 2. The van der Waals surface area contributed by atoms with Gasteiger partial charge in [-0.25, -0.2) is 9.59 Å². The standard InChI is InChI=1S/C17H20N2O4/c1-5-23-17(21)14-11(3)19-10(2)13(16(20)22-4)15(14)12-8-6-7-9-18-12/h6-9,15,19H,5H2,1-4H3. The Morgan fingerprint density at radius 3 is 2.35 bits per heavy atom. The maximum atomic E-state index is 12.4. The Labute approximate surface area is 135 Å². The van der Waals surface area contributed by atoms with E-state index in [0.29, 0.717) is 28.2 Å². The van der Waals surface area contributed by atoms with Crippen LogP contribution in [0.15, 0.2) is 46.9 Å². The first-order valence-corrected chi connectivity index (χ1v) is 7.36. The van der Waals surface area contributed by atoms with Crippen LogP contribution in [0.1, 0.15) is 32.4 Å². The number of allylic oxidation sites excluding steroid dienone is 2. The van der Waals surface area contributed by atoms with Crippen LogP contribution < -0.4 is 5.32 Å². The number of dihydropyridines is 1. The number of ether oxygens (including phenoxy) is 2. The lowest BCUT2D eigenvalue weighted by Gasteiger charge is -2.29. The number of aromatic nitrogens is 1. The van der Waals surface area contributed by atoms with Crippen LogP contribution in [0.3, 0.4) is 0 Å². The molecule has 1 aromatic heterocycles. The zero-order valence-electron chi connectivity index (χ0n) is 13.7. The van der Waals surface area contributed by atoms with E-state index in [0.717, 1.165) is 0 Å². The molecular formula is C17H20N2O4. The summed E-state index contributed by atoms with van der Waals surface area (Å²) in [6, 6.07) is 5.37. The molecule has 1 atom stereocenters. The average Bonchev–Trinajstić information content (AvgIpc) is 2.54. The second-order valence-corrected chi connectivity index (χ2v) is 5.10. The lowest BCUT2D eigenvalue weighted by Crippen LogP contribution is -2.32. The van der Waals surface area contributed by atoms with Gasteiger partial charge in [0, 0.05) is 17.6 Å². The van der Waals surface area contributed by atoms with Gasteiger partial charge >= 0.3 is 11.9 Å². The Kier molecular flexibility index (Phi) is 5.16. The number of hydrogen-bond donors (Lipinski definition) is 1. The molecule has 0 amide bonds. The van der Waals surface area contributed by atoms with Gasteiger partial charge in [0.05, 0.1) is 36.5 Å². The molecule has 2 rings (SSSR count). The lowest BCUT2D eigenvalue weighted by molar-refractivity contribution is -0.139. The van der Waals surface area contributed by atoms with Crippen molar-refractivity contribution in [2.75, 3.05) is 13.7 Å². The molecular weight excluding hydrogens is 296 g/mol. The minimum absolute atomic E-state index is 0.251. The van der Waals surface area contributed by atoms with Gasteiger partial charge in [0.15, 0.2) is 0 Å². The number of methoxy groups -OCH3 is 1. The Morgan fingerprint density at radius 1 is 1.17 bits per heavy atom. The SMILES string of the molecule is CCOC(=O)C1=C(C)NC(C)=C(C(=O)OC)C1c1ccccn1. The molecule has 1 aromatic rings. The predicted molar refractivity (Wildman–Crippen MR) is 84.2 cm³/mol. The van der Waals surface area contributed by atoms with Crippen LogP contribution in [0, 0.1) is 0 Å². The molecule has 1 aliphatic heterocycles. The van der Waals surface area contributed by atoms with Crippen LogP contribution in [0.25, 0.3) is 0 Å². The van der Waals surface area contributed by atoms with Crippen molar-refractivity contribution < 1.29 is 19.1 Å². The van der Waals surface area contributed by atoms with Crippen LogP contribution in [0.2, 0.25) is 0 Å². The molecule has 0 saturated carbocycles. The number of esters is 2. The van der Waals surface area contributed by atoms with E-state index in [-0.39, 0.29) is 6.61 Å². The van der Waals surface area contributed by atoms with Crippen LogP contribution in [-0.4, -0.2) is 30.6 Å². The van der Waals surface area contributed by atoms with E-state index in [9.17, 15) is 9.59 Å². The van der Waals surface area contributed by atoms with E-state index in [4.69, 9.17) is 9.47 Å². The predicted octanol–water partition coefficient (Wildman–Crippen LogP) is 2.05. The summed E-state index contributed by atoms with van der Waals surface area (Å²) in [6.07, 6.45) is 1.62. The molecule has 2 heterocycles. The van der Waals surface area contributed by atoms with Crippen molar-refractivity contribution in [1.82, 2.24) is 10.3 Å². The number of rotatable bonds is 4. The first-order chi connectivity index (χ1) is 11.0. The topological polar surface area (TPSA) is 77.5 Å². The monoisotopic (exact) mass is 316 g/mol. The fourth-order valence-corrected chi connectivity index (χ4v) is 2.70. The summed E-state index contributed by atoms with van der Waals surface area (Å²) in [7, 11) is 1.31. The highest BCUT2D eigenvalue weighted by atomic mass is 16.5. The van der Waals surface area contributed by atoms with Crippen molar-refractivity contribution in [1.29, 1.82) is 0 Å². The maximum absolute atomic E-state index is 12.4. The highest BCUT2D eigenvalue weighted by molar-refractivity contribution is 5.99. The minimum Gasteiger partial charge on any atom is -0.466 e. The quantitative estimate of drug-likeness (QED) is 0.857. The molecule has 0 bridgehead atoms. The van der Waals surface area contributed by atoms with Gasteiger partial charge in [0.1, 0.15) is 0 Å². The number of hydrogen-bond acceptors (Lipinski definition) is 6. The molecule has 6 nitrogen and oxygen atoms in total. The molecule has 1 unspecified atom stereocenters. The van der Waals surface area contributed by atoms with Crippen LogP contribution in [0.4, 0.5) is 0 Å². The third-order valence-corrected chi connectivity index (χ3v) is 3.64. The van der Waals surface area contributed by atoms with Crippen molar-refractivity contribution in [2.45, 2.75) is 26.7 Å². The molecule has 6 heteroatoms. The molecule has 23 heavy (non-hydrogen) atoms. The number of pyridine rings is 1. The molecule has 0 aliphatic carbocycles. The normalized spacial score (nSPS) is 17.7. The zero-order chi connectivity index (χ0) is 17.0. The van der Waals surface area contributed by atoms with Crippen LogP contribution in [-0.2, 0) is 19.1 Å². The van der Waals surface area contributed by atoms with Crippen molar-refractivity contribution in [2.24, 2.45) is 0 Å². The van der Waals surface area contributed by atoms with Crippen molar-refractivity contribution in [3.05, 3.63) is 52.6 Å². The molecule has 0 fully saturated rings. The summed E-state index contributed by atoms with van der Waals surface area (Å²) in [5.41, 5.74) is 2.61. The number of nitrogens with zero attached hydrogens (tertiary/aromatic N) is 1. The lowest BCUT2D eigenvalue weighted by atomic mass is 9.83. The Hall–Kier alpha value is -2.63. The van der Waals surface area contributed by atoms with E-state index >= 15 is 0 Å². The molecule has 0 spiro atoms. The first kappa shape index (κ1) is 16.7.